The lowest BCUT2D eigenvalue weighted by Crippen LogP contribution is -2.16. The van der Waals surface area contributed by atoms with E-state index in [0.29, 0.717) is 41.6 Å². The SMILES string of the molecule is Clc1c[nH]c2nc(Nc3cc[c]c4c3OCCO4)cc(NC3CC3)c12. The molecule has 127 valence electrons. The topological polar surface area (TPSA) is 71.2 Å². The lowest BCUT2D eigenvalue weighted by atomic mass is 10.2. The first-order chi connectivity index (χ1) is 12.3. The van der Waals surface area contributed by atoms with Crippen molar-refractivity contribution in [3.05, 3.63) is 35.5 Å². The van der Waals surface area contributed by atoms with Crippen LogP contribution >= 0.6 is 11.6 Å². The first-order valence-electron chi connectivity index (χ1n) is 8.29. The Morgan fingerprint density at radius 3 is 3.00 bits per heavy atom. The van der Waals surface area contributed by atoms with Gasteiger partial charge >= 0.3 is 0 Å². The van der Waals surface area contributed by atoms with Crippen LogP contribution < -0.4 is 20.1 Å². The van der Waals surface area contributed by atoms with E-state index < -0.39 is 0 Å². The molecule has 1 aliphatic heterocycles. The fourth-order valence-corrected chi connectivity index (χ4v) is 3.21. The number of aromatic amines is 1. The molecule has 2 aliphatic rings. The molecule has 6 nitrogen and oxygen atoms in total. The van der Waals surface area contributed by atoms with E-state index in [1.165, 1.54) is 12.8 Å². The van der Waals surface area contributed by atoms with E-state index in [4.69, 9.17) is 21.1 Å². The third-order valence-corrected chi connectivity index (χ3v) is 4.58. The van der Waals surface area contributed by atoms with Crippen LogP contribution in [0.3, 0.4) is 0 Å². The Bertz CT molecular complexity index is 952. The third-order valence-electron chi connectivity index (χ3n) is 4.29. The molecule has 0 atom stereocenters. The van der Waals surface area contributed by atoms with Crippen molar-refractivity contribution in [2.45, 2.75) is 18.9 Å². The van der Waals surface area contributed by atoms with Crippen LogP contribution in [-0.4, -0.2) is 29.2 Å². The maximum Gasteiger partial charge on any atom is 0.185 e. The van der Waals surface area contributed by atoms with Crippen LogP contribution in [0.15, 0.2) is 24.4 Å². The van der Waals surface area contributed by atoms with E-state index in [0.717, 1.165) is 22.4 Å². The molecule has 1 fully saturated rings. The number of pyridine rings is 1. The Labute approximate surface area is 149 Å². The molecule has 3 heterocycles. The van der Waals surface area contributed by atoms with Gasteiger partial charge in [0.2, 0.25) is 0 Å². The first kappa shape index (κ1) is 14.7. The monoisotopic (exact) mass is 355 g/mol. The standard InChI is InChI=1S/C18H16ClN4O2/c19-11-9-20-18-16(11)13(21-10-4-5-10)8-15(23-18)22-12-2-1-3-14-17(12)25-7-6-24-14/h1-2,8-10H,4-7H2,(H3,20,21,22,23). The van der Waals surface area contributed by atoms with Gasteiger partial charge in [-0.1, -0.05) is 11.6 Å². The second-order valence-corrected chi connectivity index (χ2v) is 6.61. The van der Waals surface area contributed by atoms with E-state index in [-0.39, 0.29) is 0 Å². The van der Waals surface area contributed by atoms with Gasteiger partial charge in [-0.15, -0.1) is 0 Å². The molecule has 0 bridgehead atoms. The first-order valence-corrected chi connectivity index (χ1v) is 8.67. The van der Waals surface area contributed by atoms with Gasteiger partial charge in [-0.3, -0.25) is 0 Å². The second-order valence-electron chi connectivity index (χ2n) is 6.21. The van der Waals surface area contributed by atoms with Gasteiger partial charge in [-0.25, -0.2) is 4.98 Å². The zero-order valence-corrected chi connectivity index (χ0v) is 14.1. The number of nitrogens with one attached hydrogen (secondary N) is 3. The second kappa shape index (κ2) is 5.74. The molecule has 3 aromatic rings. The highest BCUT2D eigenvalue weighted by Gasteiger charge is 2.23. The highest BCUT2D eigenvalue weighted by atomic mass is 35.5. The molecule has 0 saturated heterocycles. The van der Waals surface area contributed by atoms with Crippen molar-refractivity contribution < 1.29 is 9.47 Å². The molecule has 1 aliphatic carbocycles. The average molecular weight is 356 g/mol. The van der Waals surface area contributed by atoms with E-state index in [9.17, 15) is 0 Å². The molecule has 1 radical (unpaired) electrons. The fraction of sp³-hybridized carbons (Fsp3) is 0.278. The van der Waals surface area contributed by atoms with E-state index in [1.807, 2.05) is 18.2 Å². The number of ether oxygens (including phenoxy) is 2. The zero-order chi connectivity index (χ0) is 16.8. The lowest BCUT2D eigenvalue weighted by molar-refractivity contribution is 0.172. The summed E-state index contributed by atoms with van der Waals surface area (Å²) in [5, 5.41) is 8.44. The van der Waals surface area contributed by atoms with E-state index >= 15 is 0 Å². The molecule has 5 rings (SSSR count). The number of aromatic nitrogens is 2. The van der Waals surface area contributed by atoms with Crippen LogP contribution in [0, 0.1) is 6.07 Å². The molecule has 1 aromatic carbocycles. The maximum absolute atomic E-state index is 6.32. The predicted octanol–water partition coefficient (Wildman–Crippen LogP) is 4.11. The number of fused-ring (bicyclic) bond motifs is 2. The van der Waals surface area contributed by atoms with Crippen molar-refractivity contribution in [2.24, 2.45) is 0 Å². The quantitative estimate of drug-likeness (QED) is 0.657. The minimum atomic E-state index is 0.514. The van der Waals surface area contributed by atoms with Crippen molar-refractivity contribution in [3.63, 3.8) is 0 Å². The zero-order valence-electron chi connectivity index (χ0n) is 13.4. The van der Waals surface area contributed by atoms with Crippen molar-refractivity contribution in [3.8, 4) is 11.5 Å². The summed E-state index contributed by atoms with van der Waals surface area (Å²) in [5.74, 6) is 1.99. The molecular weight excluding hydrogens is 340 g/mol. The van der Waals surface area contributed by atoms with Crippen molar-refractivity contribution in [2.75, 3.05) is 23.8 Å². The molecule has 7 heteroatoms. The lowest BCUT2D eigenvalue weighted by Gasteiger charge is -2.21. The van der Waals surface area contributed by atoms with Crippen molar-refractivity contribution in [1.29, 1.82) is 0 Å². The number of H-pyrrole nitrogens is 1. The predicted molar refractivity (Wildman–Crippen MR) is 97.3 cm³/mol. The fourth-order valence-electron chi connectivity index (χ4n) is 2.96. The van der Waals surface area contributed by atoms with E-state index in [1.54, 1.807) is 6.20 Å². The highest BCUT2D eigenvalue weighted by molar-refractivity contribution is 6.36. The average Bonchev–Trinajstić information content (AvgIpc) is 3.36. The normalized spacial score (nSPS) is 16.0. The summed E-state index contributed by atoms with van der Waals surface area (Å²) >= 11 is 6.32. The van der Waals surface area contributed by atoms with Crippen LogP contribution in [0.1, 0.15) is 12.8 Å². The number of halogens is 1. The Kier molecular flexibility index (Phi) is 3.38. The number of rotatable bonds is 4. The Balaban J connectivity index is 1.55. The summed E-state index contributed by atoms with van der Waals surface area (Å²) < 4.78 is 11.3. The van der Waals surface area contributed by atoms with Gasteiger partial charge in [0.05, 0.1) is 21.8 Å². The summed E-state index contributed by atoms with van der Waals surface area (Å²) in [7, 11) is 0. The number of hydrogen-bond donors (Lipinski definition) is 3. The van der Waals surface area contributed by atoms with Crippen molar-refractivity contribution in [1.82, 2.24) is 9.97 Å². The third kappa shape index (κ3) is 2.72. The summed E-state index contributed by atoms with van der Waals surface area (Å²) in [6.45, 7) is 1.06. The van der Waals surface area contributed by atoms with Crippen LogP contribution in [0.25, 0.3) is 11.0 Å². The molecule has 0 amide bonds. The number of nitrogens with zero attached hydrogens (tertiary/aromatic N) is 1. The van der Waals surface area contributed by atoms with Gasteiger partial charge < -0.3 is 25.1 Å². The van der Waals surface area contributed by atoms with Crippen LogP contribution in [0.2, 0.25) is 5.02 Å². The van der Waals surface area contributed by atoms with Gasteiger partial charge in [-0.2, -0.15) is 0 Å². The number of anilines is 3. The Hall–Kier alpha value is -2.60. The molecule has 25 heavy (non-hydrogen) atoms. The van der Waals surface area contributed by atoms with Crippen molar-refractivity contribution >= 4 is 39.8 Å². The Morgan fingerprint density at radius 1 is 1.24 bits per heavy atom. The molecule has 1 saturated carbocycles. The van der Waals surface area contributed by atoms with Crippen LogP contribution in [-0.2, 0) is 0 Å². The number of benzene rings is 1. The summed E-state index contributed by atoms with van der Waals surface area (Å²) in [6, 6.07) is 9.25. The van der Waals surface area contributed by atoms with Gasteiger partial charge in [0, 0.05) is 24.4 Å². The van der Waals surface area contributed by atoms with E-state index in [2.05, 4.69) is 26.7 Å². The molecule has 0 unspecified atom stereocenters. The molecule has 2 aromatic heterocycles. The van der Waals surface area contributed by atoms with Gasteiger partial charge in [0.1, 0.15) is 24.7 Å². The minimum Gasteiger partial charge on any atom is -0.485 e. The Morgan fingerprint density at radius 2 is 2.12 bits per heavy atom. The van der Waals surface area contributed by atoms with Crippen LogP contribution in [0.5, 0.6) is 11.5 Å². The maximum atomic E-state index is 6.32. The van der Waals surface area contributed by atoms with Gasteiger partial charge in [0.15, 0.2) is 11.5 Å². The largest absolute Gasteiger partial charge is 0.485 e. The highest BCUT2D eigenvalue weighted by Crippen LogP contribution is 2.40. The summed E-state index contributed by atoms with van der Waals surface area (Å²) in [5.41, 5.74) is 2.52. The van der Waals surface area contributed by atoms with Gasteiger partial charge in [0.25, 0.3) is 0 Å². The van der Waals surface area contributed by atoms with Gasteiger partial charge in [-0.05, 0) is 25.0 Å². The minimum absolute atomic E-state index is 0.514. The summed E-state index contributed by atoms with van der Waals surface area (Å²) in [4.78, 5) is 7.76. The summed E-state index contributed by atoms with van der Waals surface area (Å²) in [6.07, 6.45) is 4.13. The van der Waals surface area contributed by atoms with Crippen LogP contribution in [0.4, 0.5) is 17.2 Å². The smallest absolute Gasteiger partial charge is 0.185 e. The molecule has 3 N–H and O–H groups in total. The number of hydrogen-bond acceptors (Lipinski definition) is 5. The molecule has 0 spiro atoms. The molecular formula is C18H16ClN4O2.